The van der Waals surface area contributed by atoms with Crippen molar-refractivity contribution in [3.63, 3.8) is 0 Å². The molecule has 0 aromatic rings. The number of aliphatic carboxylic acids is 1. The molecule has 1 N–H and O–H groups in total. The van der Waals surface area contributed by atoms with E-state index < -0.39 is 23.0 Å². The van der Waals surface area contributed by atoms with Crippen molar-refractivity contribution in [2.75, 3.05) is 0 Å². The average Bonchev–Trinajstić information content (AvgIpc) is 3.26. The van der Waals surface area contributed by atoms with E-state index in [0.717, 1.165) is 25.7 Å². The van der Waals surface area contributed by atoms with Gasteiger partial charge < -0.3 is 19.3 Å². The quantitative estimate of drug-likeness (QED) is 0.807. The topological polar surface area (TPSA) is 74.9 Å². The molecule has 0 amide bonds. The maximum Gasteiger partial charge on any atom is 0.310 e. The first kappa shape index (κ1) is 12.9. The third-order valence-corrected chi connectivity index (χ3v) is 6.91. The fraction of sp³-hybridized carbons (Fsp3) is 0.938. The summed E-state index contributed by atoms with van der Waals surface area (Å²) in [6.07, 6.45) is 4.93. The zero-order valence-corrected chi connectivity index (χ0v) is 12.5. The van der Waals surface area contributed by atoms with E-state index in [4.69, 9.17) is 14.2 Å². The van der Waals surface area contributed by atoms with Crippen molar-refractivity contribution in [3.05, 3.63) is 0 Å². The van der Waals surface area contributed by atoms with E-state index >= 15 is 0 Å². The number of rotatable bonds is 3. The van der Waals surface area contributed by atoms with Crippen LogP contribution in [0.4, 0.5) is 0 Å². The van der Waals surface area contributed by atoms with Crippen LogP contribution in [0.5, 0.6) is 0 Å². The van der Waals surface area contributed by atoms with Crippen molar-refractivity contribution >= 4 is 5.97 Å². The monoisotopic (exact) mass is 294 g/mol. The van der Waals surface area contributed by atoms with Gasteiger partial charge in [0, 0.05) is 12.8 Å². The van der Waals surface area contributed by atoms with Gasteiger partial charge in [0.15, 0.2) is 0 Å². The van der Waals surface area contributed by atoms with Crippen LogP contribution in [0, 0.1) is 23.2 Å². The van der Waals surface area contributed by atoms with Gasteiger partial charge in [0.2, 0.25) is 11.6 Å². The minimum atomic E-state index is -0.697. The molecule has 3 heterocycles. The minimum absolute atomic E-state index is 0.0955. The smallest absolute Gasteiger partial charge is 0.310 e. The van der Waals surface area contributed by atoms with Gasteiger partial charge in [0.05, 0.1) is 17.6 Å². The number of epoxide rings is 3. The lowest BCUT2D eigenvalue weighted by molar-refractivity contribution is -0.158. The van der Waals surface area contributed by atoms with Crippen LogP contribution in [-0.2, 0) is 19.0 Å². The normalized spacial score (nSPS) is 63.0. The van der Waals surface area contributed by atoms with E-state index in [9.17, 15) is 9.90 Å². The lowest BCUT2D eigenvalue weighted by atomic mass is 9.60. The zero-order chi connectivity index (χ0) is 14.6. The third kappa shape index (κ3) is 1.50. The lowest BCUT2D eigenvalue weighted by Gasteiger charge is -2.40. The molecule has 6 unspecified atom stereocenters. The van der Waals surface area contributed by atoms with E-state index in [1.807, 2.05) is 0 Å². The second kappa shape index (κ2) is 3.47. The van der Waals surface area contributed by atoms with E-state index in [1.54, 1.807) is 0 Å². The van der Waals surface area contributed by atoms with Gasteiger partial charge in [-0.15, -0.1) is 0 Å². The van der Waals surface area contributed by atoms with Crippen LogP contribution in [0.1, 0.15) is 46.0 Å². The fourth-order valence-corrected chi connectivity index (χ4v) is 5.21. The summed E-state index contributed by atoms with van der Waals surface area (Å²) in [5.41, 5.74) is -0.697. The number of hydrogen-bond donors (Lipinski definition) is 1. The summed E-state index contributed by atoms with van der Waals surface area (Å²) in [6.45, 7) is 4.30. The molecule has 5 rings (SSSR count). The Morgan fingerprint density at radius 1 is 1.19 bits per heavy atom. The summed E-state index contributed by atoms with van der Waals surface area (Å²) in [5.74, 6) is -0.522. The molecule has 21 heavy (non-hydrogen) atoms. The second-order valence-electron chi connectivity index (χ2n) is 8.08. The molecule has 116 valence electrons. The Morgan fingerprint density at radius 3 is 2.62 bits per heavy atom. The van der Waals surface area contributed by atoms with Crippen LogP contribution in [-0.4, -0.2) is 34.9 Å². The van der Waals surface area contributed by atoms with E-state index in [2.05, 4.69) is 13.8 Å². The Kier molecular flexibility index (Phi) is 2.12. The number of carboxylic acids is 1. The molecular formula is C16H22O5. The number of ether oxygens (including phenoxy) is 3. The molecule has 5 nitrogen and oxygen atoms in total. The molecule has 2 saturated carbocycles. The molecule has 0 bridgehead atoms. The Hall–Kier alpha value is -0.650. The highest BCUT2D eigenvalue weighted by Gasteiger charge is 2.94. The van der Waals surface area contributed by atoms with Crippen LogP contribution in [0.2, 0.25) is 0 Å². The molecular weight excluding hydrogens is 272 g/mol. The highest BCUT2D eigenvalue weighted by molar-refractivity contribution is 5.76. The van der Waals surface area contributed by atoms with E-state index in [1.165, 1.54) is 0 Å². The lowest BCUT2D eigenvalue weighted by Crippen LogP contribution is -2.45. The third-order valence-electron chi connectivity index (χ3n) is 6.91. The highest BCUT2D eigenvalue weighted by atomic mass is 17.0. The van der Waals surface area contributed by atoms with Crippen molar-refractivity contribution in [2.45, 2.75) is 69.7 Å². The maximum absolute atomic E-state index is 12.1. The number of fused-ring (bicyclic) bond motifs is 1. The summed E-state index contributed by atoms with van der Waals surface area (Å²) < 4.78 is 17.0. The first-order valence-electron chi connectivity index (χ1n) is 8.19. The van der Waals surface area contributed by atoms with E-state index in [-0.39, 0.29) is 5.92 Å². The van der Waals surface area contributed by atoms with Gasteiger partial charge in [-0.25, -0.2) is 0 Å². The van der Waals surface area contributed by atoms with Gasteiger partial charge in [0.25, 0.3) is 0 Å². The van der Waals surface area contributed by atoms with Gasteiger partial charge in [-0.1, -0.05) is 13.8 Å². The molecule has 5 heteroatoms. The number of carboxylic acid groups (broad SMARTS) is 1. The van der Waals surface area contributed by atoms with Crippen molar-refractivity contribution in [1.82, 2.24) is 0 Å². The Bertz CT molecular complexity index is 525. The minimum Gasteiger partial charge on any atom is -0.481 e. The van der Waals surface area contributed by atoms with Crippen molar-refractivity contribution in [1.29, 1.82) is 0 Å². The van der Waals surface area contributed by atoms with Crippen molar-refractivity contribution in [3.8, 4) is 0 Å². The highest BCUT2D eigenvalue weighted by Crippen LogP contribution is 2.78. The molecule has 0 aromatic carbocycles. The summed E-state index contributed by atoms with van der Waals surface area (Å²) in [7, 11) is 0. The van der Waals surface area contributed by atoms with Gasteiger partial charge in [-0.05, 0) is 37.0 Å². The first-order chi connectivity index (χ1) is 9.90. The van der Waals surface area contributed by atoms with Gasteiger partial charge in [-0.3, -0.25) is 4.79 Å². The van der Waals surface area contributed by atoms with Crippen molar-refractivity contribution in [2.24, 2.45) is 23.2 Å². The molecule has 3 aliphatic heterocycles. The molecule has 0 aromatic heterocycles. The molecule has 3 saturated heterocycles. The van der Waals surface area contributed by atoms with Crippen LogP contribution >= 0.6 is 0 Å². The van der Waals surface area contributed by atoms with Crippen molar-refractivity contribution < 1.29 is 24.1 Å². The number of hydrogen-bond acceptors (Lipinski definition) is 4. The van der Waals surface area contributed by atoms with Gasteiger partial charge >= 0.3 is 5.97 Å². The van der Waals surface area contributed by atoms with E-state index in [0.29, 0.717) is 30.5 Å². The molecule has 6 atom stereocenters. The molecule has 5 aliphatic rings. The Balaban J connectivity index is 1.41. The largest absolute Gasteiger partial charge is 0.481 e. The van der Waals surface area contributed by atoms with Gasteiger partial charge in [0.1, 0.15) is 0 Å². The average molecular weight is 294 g/mol. The zero-order valence-electron chi connectivity index (χ0n) is 12.5. The molecule has 2 aliphatic carbocycles. The maximum atomic E-state index is 12.1. The Labute approximate surface area is 123 Å². The van der Waals surface area contributed by atoms with Crippen LogP contribution < -0.4 is 0 Å². The van der Waals surface area contributed by atoms with Crippen LogP contribution in [0.3, 0.4) is 0 Å². The summed E-state index contributed by atoms with van der Waals surface area (Å²) in [5, 5.41) is 9.98. The molecule has 0 spiro atoms. The fourth-order valence-electron chi connectivity index (χ4n) is 5.21. The first-order valence-corrected chi connectivity index (χ1v) is 8.19. The molecule has 0 radical (unpaired) electrons. The predicted molar refractivity (Wildman–Crippen MR) is 71.3 cm³/mol. The summed E-state index contributed by atoms with van der Waals surface area (Å²) in [6, 6.07) is 0. The summed E-state index contributed by atoms with van der Waals surface area (Å²) in [4.78, 5) is 12.1. The SMILES string of the molecule is CC1CC2OC2CC1CC1(C(=O)O)CC23OC2(CC1C)O3. The predicted octanol–water partition coefficient (Wildman–Crippen LogP) is 2.14. The second-order valence-corrected chi connectivity index (χ2v) is 8.08. The van der Waals surface area contributed by atoms with Crippen LogP contribution in [0.15, 0.2) is 0 Å². The standard InChI is InChI=1S/C16H22O5/c1-8-3-11-12(19-11)4-10(8)6-14(13(17)18)7-16-15(20-16,21-16)5-9(14)2/h8-12H,3-7H2,1-2H3,(H,17,18). The number of carbonyl (C=O) groups is 1. The Morgan fingerprint density at radius 2 is 1.90 bits per heavy atom. The molecule has 5 fully saturated rings. The summed E-state index contributed by atoms with van der Waals surface area (Å²) >= 11 is 0. The van der Waals surface area contributed by atoms with Crippen LogP contribution in [0.25, 0.3) is 0 Å². The van der Waals surface area contributed by atoms with Gasteiger partial charge in [-0.2, -0.15) is 0 Å².